The van der Waals surface area contributed by atoms with Crippen LogP contribution in [0.15, 0.2) is 85.1 Å². The molecule has 0 unspecified atom stereocenters. The van der Waals surface area contributed by atoms with Gasteiger partial charge in [-0.1, -0.05) is 48.0 Å². The first-order valence-corrected chi connectivity index (χ1v) is 10.7. The molecule has 1 aliphatic rings. The van der Waals surface area contributed by atoms with Gasteiger partial charge in [-0.3, -0.25) is 0 Å². The molecule has 0 spiro atoms. The van der Waals surface area contributed by atoms with Crippen molar-refractivity contribution in [2.75, 3.05) is 5.32 Å². The number of amides is 2. The number of rotatable bonds is 2. The first-order chi connectivity index (χ1) is 15.5. The van der Waals surface area contributed by atoms with Gasteiger partial charge in [0.15, 0.2) is 0 Å². The monoisotopic (exact) mass is 425 g/mol. The highest BCUT2D eigenvalue weighted by Crippen LogP contribution is 2.37. The number of halogens is 1. The molecule has 4 nitrogen and oxygen atoms in total. The molecule has 1 N–H and O–H groups in total. The maximum atomic E-state index is 13.7. The van der Waals surface area contributed by atoms with Crippen LogP contribution in [0.2, 0.25) is 0 Å². The second-order valence-corrected chi connectivity index (χ2v) is 8.26. The summed E-state index contributed by atoms with van der Waals surface area (Å²) in [5.41, 5.74) is 6.84. The van der Waals surface area contributed by atoms with Crippen molar-refractivity contribution in [1.29, 1.82) is 0 Å². The number of benzene rings is 3. The summed E-state index contributed by atoms with van der Waals surface area (Å²) in [5.74, 6) is -0.299. The summed E-state index contributed by atoms with van der Waals surface area (Å²) in [6.45, 7) is 4.45. The van der Waals surface area contributed by atoms with Gasteiger partial charge in [0.25, 0.3) is 0 Å². The smallest absolute Gasteiger partial charge is 0.318 e. The van der Waals surface area contributed by atoms with Crippen molar-refractivity contribution in [3.05, 3.63) is 119 Å². The van der Waals surface area contributed by atoms with Gasteiger partial charge >= 0.3 is 6.03 Å². The SMILES string of the molecule is Cc1ccc(NC(=O)N2Cc3ccccc3-n3cccc3[C@@H]2c2ccc(F)cc2)c(C)c1. The molecule has 0 bridgehead atoms. The standard InChI is InChI=1S/C27H24FN3O/c1-18-9-14-23(19(2)16-18)29-27(32)31-17-21-6-3-4-7-24(21)30-15-5-8-25(30)26(31)20-10-12-22(28)13-11-20/h3-16,26H,17H2,1-2H3,(H,29,32)/t26-/m0/s1. The number of para-hydroxylation sites is 1. The van der Waals surface area contributed by atoms with E-state index in [4.69, 9.17) is 0 Å². The Morgan fingerprint density at radius 1 is 0.969 bits per heavy atom. The minimum Gasteiger partial charge on any atom is -0.318 e. The molecule has 4 aromatic rings. The second kappa shape index (κ2) is 8.00. The Morgan fingerprint density at radius 2 is 1.75 bits per heavy atom. The number of carbonyl (C=O) groups is 1. The van der Waals surface area contributed by atoms with E-state index in [1.54, 1.807) is 12.1 Å². The number of anilines is 1. The molecular weight excluding hydrogens is 401 g/mol. The number of urea groups is 1. The molecule has 160 valence electrons. The number of carbonyl (C=O) groups excluding carboxylic acids is 1. The molecule has 0 saturated carbocycles. The maximum absolute atomic E-state index is 13.7. The number of fused-ring (bicyclic) bond motifs is 3. The van der Waals surface area contributed by atoms with Crippen LogP contribution < -0.4 is 5.32 Å². The van der Waals surface area contributed by atoms with Crippen molar-refractivity contribution >= 4 is 11.7 Å². The number of aryl methyl sites for hydroxylation is 2. The second-order valence-electron chi connectivity index (χ2n) is 8.26. The molecule has 32 heavy (non-hydrogen) atoms. The quantitative estimate of drug-likeness (QED) is 0.398. The van der Waals surface area contributed by atoms with E-state index in [1.165, 1.54) is 12.1 Å². The molecule has 0 radical (unpaired) electrons. The predicted molar refractivity (Wildman–Crippen MR) is 124 cm³/mol. The summed E-state index contributed by atoms with van der Waals surface area (Å²) in [5, 5.41) is 3.10. The molecule has 0 fully saturated rings. The third-order valence-corrected chi connectivity index (χ3v) is 6.03. The molecule has 1 aromatic heterocycles. The highest BCUT2D eigenvalue weighted by molar-refractivity contribution is 5.91. The van der Waals surface area contributed by atoms with E-state index in [1.807, 2.05) is 67.4 Å². The first-order valence-electron chi connectivity index (χ1n) is 10.7. The topological polar surface area (TPSA) is 37.3 Å². The molecule has 2 amide bonds. The van der Waals surface area contributed by atoms with E-state index in [0.717, 1.165) is 39.3 Å². The molecule has 0 aliphatic carbocycles. The van der Waals surface area contributed by atoms with Crippen LogP contribution in [0.3, 0.4) is 0 Å². The van der Waals surface area contributed by atoms with Crippen LogP contribution in [0, 0.1) is 19.7 Å². The molecule has 1 atom stereocenters. The Hall–Kier alpha value is -3.86. The number of hydrogen-bond donors (Lipinski definition) is 1. The average Bonchev–Trinajstić information content (AvgIpc) is 3.21. The molecule has 5 heteroatoms. The van der Waals surface area contributed by atoms with Gasteiger partial charge in [0.05, 0.1) is 18.3 Å². The van der Waals surface area contributed by atoms with Crippen molar-refractivity contribution in [3.8, 4) is 5.69 Å². The van der Waals surface area contributed by atoms with E-state index >= 15 is 0 Å². The summed E-state index contributed by atoms with van der Waals surface area (Å²) in [4.78, 5) is 15.5. The Morgan fingerprint density at radius 3 is 2.53 bits per heavy atom. The van der Waals surface area contributed by atoms with Gasteiger partial charge in [-0.05, 0) is 66.9 Å². The van der Waals surface area contributed by atoms with Crippen molar-refractivity contribution in [3.63, 3.8) is 0 Å². The van der Waals surface area contributed by atoms with Crippen molar-refractivity contribution in [1.82, 2.24) is 9.47 Å². The van der Waals surface area contributed by atoms with Gasteiger partial charge in [0.1, 0.15) is 5.82 Å². The van der Waals surface area contributed by atoms with Crippen molar-refractivity contribution < 1.29 is 9.18 Å². The zero-order valence-corrected chi connectivity index (χ0v) is 18.0. The molecule has 5 rings (SSSR count). The maximum Gasteiger partial charge on any atom is 0.322 e. The summed E-state index contributed by atoms with van der Waals surface area (Å²) in [6, 6.07) is 23.9. The predicted octanol–water partition coefficient (Wildman–Crippen LogP) is 6.37. The third-order valence-electron chi connectivity index (χ3n) is 6.03. The van der Waals surface area contributed by atoms with Crippen LogP contribution in [0.1, 0.15) is 34.0 Å². The van der Waals surface area contributed by atoms with Gasteiger partial charge in [0, 0.05) is 17.6 Å². The highest BCUT2D eigenvalue weighted by atomic mass is 19.1. The fraction of sp³-hybridized carbons (Fsp3) is 0.148. The van der Waals surface area contributed by atoms with E-state index in [-0.39, 0.29) is 17.9 Å². The zero-order valence-electron chi connectivity index (χ0n) is 18.0. The zero-order chi connectivity index (χ0) is 22.2. The molecular formula is C27H24FN3O. The van der Waals surface area contributed by atoms with Gasteiger partial charge in [-0.2, -0.15) is 0 Å². The third kappa shape index (κ3) is 3.56. The van der Waals surface area contributed by atoms with Crippen LogP contribution in [-0.4, -0.2) is 15.5 Å². The van der Waals surface area contributed by atoms with E-state index in [2.05, 4.69) is 22.0 Å². The minimum absolute atomic E-state index is 0.198. The molecule has 3 aromatic carbocycles. The summed E-state index contributed by atoms with van der Waals surface area (Å²) in [6.07, 6.45) is 2.01. The fourth-order valence-corrected chi connectivity index (χ4v) is 4.48. The Balaban J connectivity index is 1.62. The van der Waals surface area contributed by atoms with Crippen LogP contribution in [0.4, 0.5) is 14.9 Å². The lowest BCUT2D eigenvalue weighted by Crippen LogP contribution is -2.38. The van der Waals surface area contributed by atoms with Crippen molar-refractivity contribution in [2.24, 2.45) is 0 Å². The van der Waals surface area contributed by atoms with E-state index < -0.39 is 0 Å². The van der Waals surface area contributed by atoms with Gasteiger partial charge < -0.3 is 14.8 Å². The van der Waals surface area contributed by atoms with Gasteiger partial charge in [-0.25, -0.2) is 9.18 Å². The fourth-order valence-electron chi connectivity index (χ4n) is 4.48. The van der Waals surface area contributed by atoms with Crippen molar-refractivity contribution in [2.45, 2.75) is 26.4 Å². The Labute approximate surface area is 186 Å². The molecule has 1 aliphatic heterocycles. The Kier molecular flexibility index (Phi) is 5.02. The van der Waals surface area contributed by atoms with E-state index in [9.17, 15) is 9.18 Å². The summed E-state index contributed by atoms with van der Waals surface area (Å²) >= 11 is 0. The largest absolute Gasteiger partial charge is 0.322 e. The lowest BCUT2D eigenvalue weighted by Gasteiger charge is -2.31. The van der Waals surface area contributed by atoms with Crippen LogP contribution in [0.5, 0.6) is 0 Å². The first kappa shape index (κ1) is 20.1. The molecule has 0 saturated heterocycles. The van der Waals surface area contributed by atoms with Crippen LogP contribution >= 0.6 is 0 Å². The Bertz CT molecular complexity index is 1290. The summed E-state index contributed by atoms with van der Waals surface area (Å²) in [7, 11) is 0. The normalized spacial score (nSPS) is 15.0. The number of aromatic nitrogens is 1. The average molecular weight is 426 g/mol. The summed E-state index contributed by atoms with van der Waals surface area (Å²) < 4.78 is 15.8. The van der Waals surface area contributed by atoms with Crippen LogP contribution in [-0.2, 0) is 6.54 Å². The molecule has 2 heterocycles. The number of nitrogens with zero attached hydrogens (tertiary/aromatic N) is 2. The van der Waals surface area contributed by atoms with Gasteiger partial charge in [-0.15, -0.1) is 0 Å². The number of nitrogens with one attached hydrogen (secondary N) is 1. The number of hydrogen-bond acceptors (Lipinski definition) is 1. The van der Waals surface area contributed by atoms with E-state index in [0.29, 0.717) is 6.54 Å². The lowest BCUT2D eigenvalue weighted by molar-refractivity contribution is 0.194. The van der Waals surface area contributed by atoms with Crippen LogP contribution in [0.25, 0.3) is 5.69 Å². The lowest BCUT2D eigenvalue weighted by atomic mass is 10.0. The highest BCUT2D eigenvalue weighted by Gasteiger charge is 2.33. The van der Waals surface area contributed by atoms with Gasteiger partial charge in [0.2, 0.25) is 0 Å². The minimum atomic E-state index is -0.372.